The summed E-state index contributed by atoms with van der Waals surface area (Å²) in [5.74, 6) is 0. The van der Waals surface area contributed by atoms with Gasteiger partial charge in [-0.3, -0.25) is 15.0 Å². The van der Waals surface area contributed by atoms with Gasteiger partial charge in [-0.25, -0.2) is 4.98 Å². The van der Waals surface area contributed by atoms with E-state index in [0.29, 0.717) is 16.2 Å². The smallest absolute Gasteiger partial charge is 0.216 e. The molecule has 6 aromatic rings. The topological polar surface area (TPSA) is 51.6 Å². The fourth-order valence-corrected chi connectivity index (χ4v) is 4.60. The molecule has 0 fully saturated rings. The Morgan fingerprint density at radius 2 is 1.23 bits per heavy atom. The van der Waals surface area contributed by atoms with Crippen LogP contribution in [0.15, 0.2) is 79.3 Å². The number of hydrogen-bond acceptors (Lipinski definition) is 4. The molecule has 0 spiro atoms. The summed E-state index contributed by atoms with van der Waals surface area (Å²) < 4.78 is -1.53. The molecule has 4 heterocycles. The van der Waals surface area contributed by atoms with Gasteiger partial charge in [-0.15, -0.1) is 0 Å². The summed E-state index contributed by atoms with van der Waals surface area (Å²) in [6, 6.07) is 19.2. The van der Waals surface area contributed by atoms with Crippen LogP contribution >= 0.6 is 46.4 Å². The molecule has 169 valence electrons. The van der Waals surface area contributed by atoms with E-state index in [1.54, 1.807) is 18.3 Å². The molecule has 0 saturated heterocycles. The molecule has 0 amide bonds. The minimum atomic E-state index is -1.53. The molecular weight excluding hydrogens is 549 g/mol. The Labute approximate surface area is 264 Å². The summed E-state index contributed by atoms with van der Waals surface area (Å²) in [5, 5.41) is 4.30. The van der Waals surface area contributed by atoms with Crippen molar-refractivity contribution in [2.24, 2.45) is 0 Å². The van der Waals surface area contributed by atoms with E-state index >= 15 is 0 Å². The SMILES string of the molecule is Cc1cc2cccnc2c2ncccc12.Clc1ccc2c(C(Cl)(Cl)Cl)cc3cccnc3c2n1.[K]. The molecular formula is C26H16Cl4KN4. The van der Waals surface area contributed by atoms with Crippen LogP contribution in [-0.4, -0.2) is 71.3 Å². The molecule has 0 aliphatic carbocycles. The summed E-state index contributed by atoms with van der Waals surface area (Å²) in [7, 11) is 0. The second-order valence-corrected chi connectivity index (χ2v) is 10.4. The standard InChI is InChI=1S/C13H6Cl4N2.C13H10N2.K/c14-10-4-3-8-9(13(15,16)17)6-7-2-1-5-18-11(7)12(8)19-10;1-9-8-10-4-2-6-14-12(10)13-11(9)5-3-7-15-13;/h1-6H;2-8H,1H3;. The van der Waals surface area contributed by atoms with Gasteiger partial charge in [0, 0.05) is 97.1 Å². The number of fused-ring (bicyclic) bond motifs is 6. The molecule has 35 heavy (non-hydrogen) atoms. The van der Waals surface area contributed by atoms with Crippen LogP contribution in [0.2, 0.25) is 5.15 Å². The first-order valence-electron chi connectivity index (χ1n) is 10.3. The molecule has 1 radical (unpaired) electrons. The number of nitrogens with zero attached hydrogens (tertiary/aromatic N) is 4. The zero-order chi connectivity index (χ0) is 23.9. The van der Waals surface area contributed by atoms with Crippen LogP contribution in [0.1, 0.15) is 11.1 Å². The van der Waals surface area contributed by atoms with E-state index in [1.165, 1.54) is 10.9 Å². The van der Waals surface area contributed by atoms with Crippen molar-refractivity contribution >= 4 is 141 Å². The van der Waals surface area contributed by atoms with Crippen LogP contribution in [0, 0.1) is 6.92 Å². The number of rotatable bonds is 0. The first-order valence-corrected chi connectivity index (χ1v) is 11.8. The van der Waals surface area contributed by atoms with E-state index < -0.39 is 3.79 Å². The van der Waals surface area contributed by atoms with Gasteiger partial charge in [-0.05, 0) is 55.0 Å². The molecule has 0 bridgehead atoms. The van der Waals surface area contributed by atoms with Crippen molar-refractivity contribution in [3.8, 4) is 0 Å². The number of hydrogen-bond donors (Lipinski definition) is 0. The Kier molecular flexibility index (Phi) is 8.53. The van der Waals surface area contributed by atoms with Crippen molar-refractivity contribution < 1.29 is 0 Å². The van der Waals surface area contributed by atoms with Crippen LogP contribution in [0.5, 0.6) is 0 Å². The van der Waals surface area contributed by atoms with Crippen LogP contribution in [-0.2, 0) is 3.79 Å². The Bertz CT molecular complexity index is 1690. The van der Waals surface area contributed by atoms with E-state index in [9.17, 15) is 0 Å². The molecule has 9 heteroatoms. The number of aryl methyl sites for hydroxylation is 1. The van der Waals surface area contributed by atoms with Gasteiger partial charge in [0.25, 0.3) is 0 Å². The van der Waals surface area contributed by atoms with Crippen molar-refractivity contribution in [1.82, 2.24) is 19.9 Å². The van der Waals surface area contributed by atoms with E-state index in [-0.39, 0.29) is 51.4 Å². The molecule has 0 saturated carbocycles. The number of benzene rings is 2. The predicted molar refractivity (Wildman–Crippen MR) is 149 cm³/mol. The van der Waals surface area contributed by atoms with Gasteiger partial charge in [0.1, 0.15) is 5.15 Å². The summed E-state index contributed by atoms with van der Waals surface area (Å²) in [5.41, 5.74) is 5.16. The Morgan fingerprint density at radius 3 is 1.89 bits per heavy atom. The van der Waals surface area contributed by atoms with Crippen LogP contribution in [0.4, 0.5) is 0 Å². The third-order valence-electron chi connectivity index (χ3n) is 5.49. The fraction of sp³-hybridized carbons (Fsp3) is 0.0769. The van der Waals surface area contributed by atoms with Crippen molar-refractivity contribution in [1.29, 1.82) is 0 Å². The molecule has 0 aliphatic rings. The van der Waals surface area contributed by atoms with E-state index in [1.807, 2.05) is 42.7 Å². The number of alkyl halides is 3. The maximum absolute atomic E-state index is 6.03. The average Bonchev–Trinajstić information content (AvgIpc) is 2.83. The second kappa shape index (κ2) is 11.1. The first-order chi connectivity index (χ1) is 16.3. The largest absolute Gasteiger partial charge is 0.254 e. The van der Waals surface area contributed by atoms with Gasteiger partial charge < -0.3 is 0 Å². The zero-order valence-corrected chi connectivity index (χ0v) is 25.0. The monoisotopic (exact) mass is 563 g/mol. The average molecular weight is 565 g/mol. The van der Waals surface area contributed by atoms with Gasteiger partial charge in [-0.2, -0.15) is 0 Å². The van der Waals surface area contributed by atoms with Gasteiger partial charge in [0.15, 0.2) is 0 Å². The fourth-order valence-electron chi connectivity index (χ4n) is 3.99. The maximum atomic E-state index is 6.03. The molecule has 0 N–H and O–H groups in total. The van der Waals surface area contributed by atoms with Gasteiger partial charge in [0.05, 0.1) is 22.1 Å². The number of halogens is 4. The Hall–Kier alpha value is -1.12. The van der Waals surface area contributed by atoms with E-state index in [0.717, 1.165) is 32.7 Å². The normalized spacial score (nSPS) is 11.3. The summed E-state index contributed by atoms with van der Waals surface area (Å²) in [4.78, 5) is 17.4. The molecule has 6 rings (SSSR count). The first kappa shape index (κ1) is 26.9. The summed E-state index contributed by atoms with van der Waals surface area (Å²) >= 11 is 24.0. The molecule has 2 aromatic carbocycles. The molecule has 0 atom stereocenters. The summed E-state index contributed by atoms with van der Waals surface area (Å²) in [6.45, 7) is 2.11. The molecule has 4 nitrogen and oxygen atoms in total. The zero-order valence-electron chi connectivity index (χ0n) is 18.8. The van der Waals surface area contributed by atoms with E-state index in [2.05, 4.69) is 45.1 Å². The third-order valence-corrected chi connectivity index (χ3v) is 6.31. The predicted octanol–water partition coefficient (Wildman–Crippen LogP) is 7.97. The third kappa shape index (κ3) is 5.59. The van der Waals surface area contributed by atoms with Crippen LogP contribution < -0.4 is 0 Å². The van der Waals surface area contributed by atoms with Gasteiger partial charge >= 0.3 is 0 Å². The Morgan fingerprint density at radius 1 is 0.657 bits per heavy atom. The van der Waals surface area contributed by atoms with Gasteiger partial charge in [-0.1, -0.05) is 64.6 Å². The number of pyridine rings is 4. The second-order valence-electron chi connectivity index (χ2n) is 7.70. The van der Waals surface area contributed by atoms with E-state index in [4.69, 9.17) is 46.4 Å². The van der Waals surface area contributed by atoms with Crippen molar-refractivity contribution in [2.45, 2.75) is 10.7 Å². The van der Waals surface area contributed by atoms with Crippen LogP contribution in [0.3, 0.4) is 0 Å². The van der Waals surface area contributed by atoms with Crippen LogP contribution in [0.25, 0.3) is 43.6 Å². The summed E-state index contributed by atoms with van der Waals surface area (Å²) in [6.07, 6.45) is 5.32. The van der Waals surface area contributed by atoms with Crippen molar-refractivity contribution in [2.75, 3.05) is 0 Å². The number of aromatic nitrogens is 4. The minimum Gasteiger partial charge on any atom is -0.254 e. The van der Waals surface area contributed by atoms with Crippen molar-refractivity contribution in [3.05, 3.63) is 95.5 Å². The quantitative estimate of drug-likeness (QED) is 0.0812. The Balaban J connectivity index is 0.000000164. The van der Waals surface area contributed by atoms with Gasteiger partial charge in [0.2, 0.25) is 3.79 Å². The maximum Gasteiger partial charge on any atom is 0.216 e. The van der Waals surface area contributed by atoms with Crippen molar-refractivity contribution in [3.63, 3.8) is 0 Å². The molecule has 0 unspecified atom stereocenters. The molecule has 4 aromatic heterocycles. The molecule has 0 aliphatic heterocycles. The minimum absolute atomic E-state index is 0.